The summed E-state index contributed by atoms with van der Waals surface area (Å²) in [4.78, 5) is 28.3. The summed E-state index contributed by atoms with van der Waals surface area (Å²) in [5.41, 5.74) is 2.27. The van der Waals surface area contributed by atoms with Crippen LogP contribution < -0.4 is 9.47 Å². The third-order valence-corrected chi connectivity index (χ3v) is 4.99. The highest BCUT2D eigenvalue weighted by Crippen LogP contribution is 2.26. The highest BCUT2D eigenvalue weighted by molar-refractivity contribution is 7.13. The molecule has 0 N–H and O–H groups in total. The molecule has 0 unspecified atom stereocenters. The Morgan fingerprint density at radius 2 is 1.79 bits per heavy atom. The average molecular weight is 397 g/mol. The summed E-state index contributed by atoms with van der Waals surface area (Å²) >= 11 is 1.36. The number of carbonyl (C=O) groups excluding carboxylic acids is 2. The van der Waals surface area contributed by atoms with Crippen LogP contribution in [0.3, 0.4) is 0 Å². The van der Waals surface area contributed by atoms with Crippen LogP contribution >= 0.6 is 11.3 Å². The Morgan fingerprint density at radius 3 is 2.43 bits per heavy atom. The molecule has 0 saturated carbocycles. The molecule has 0 aliphatic carbocycles. The normalized spacial score (nSPS) is 10.4. The summed E-state index contributed by atoms with van der Waals surface area (Å²) < 4.78 is 15.8. The van der Waals surface area contributed by atoms with Crippen molar-refractivity contribution in [3.63, 3.8) is 0 Å². The molecule has 0 fully saturated rings. The van der Waals surface area contributed by atoms with Crippen LogP contribution in [0.2, 0.25) is 0 Å². The Kier molecular flexibility index (Phi) is 6.06. The minimum Gasteiger partial charge on any atom is -0.497 e. The van der Waals surface area contributed by atoms with Gasteiger partial charge in [-0.3, -0.25) is 4.79 Å². The SMILES string of the molecule is COc1ccc(-c2nc(C(=O)OCc3cc(C(C)=O)ccc3OC)cs2)cc1. The van der Waals surface area contributed by atoms with Gasteiger partial charge in [-0.25, -0.2) is 9.78 Å². The van der Waals surface area contributed by atoms with Crippen LogP contribution in [-0.4, -0.2) is 31.0 Å². The van der Waals surface area contributed by atoms with Crippen LogP contribution in [0.4, 0.5) is 0 Å². The summed E-state index contributed by atoms with van der Waals surface area (Å²) in [6.45, 7) is 1.46. The molecular weight excluding hydrogens is 378 g/mol. The predicted molar refractivity (Wildman–Crippen MR) is 106 cm³/mol. The van der Waals surface area contributed by atoms with Crippen LogP contribution in [0, 0.1) is 0 Å². The summed E-state index contributed by atoms with van der Waals surface area (Å²) in [7, 11) is 3.13. The van der Waals surface area contributed by atoms with Crippen molar-refractivity contribution in [1.82, 2.24) is 4.98 Å². The van der Waals surface area contributed by atoms with E-state index < -0.39 is 5.97 Å². The second-order valence-electron chi connectivity index (χ2n) is 5.93. The lowest BCUT2D eigenvalue weighted by Gasteiger charge is -2.10. The number of esters is 1. The van der Waals surface area contributed by atoms with E-state index in [9.17, 15) is 9.59 Å². The molecule has 6 nitrogen and oxygen atoms in total. The lowest BCUT2D eigenvalue weighted by atomic mass is 10.1. The van der Waals surface area contributed by atoms with Crippen molar-refractivity contribution in [1.29, 1.82) is 0 Å². The number of benzene rings is 2. The number of thiazole rings is 1. The van der Waals surface area contributed by atoms with Crippen molar-refractivity contribution in [3.05, 3.63) is 64.7 Å². The van der Waals surface area contributed by atoms with Gasteiger partial charge in [0, 0.05) is 22.1 Å². The van der Waals surface area contributed by atoms with E-state index in [1.807, 2.05) is 24.3 Å². The van der Waals surface area contributed by atoms with E-state index in [0.29, 0.717) is 21.9 Å². The molecule has 0 aliphatic heterocycles. The summed E-state index contributed by atoms with van der Waals surface area (Å²) in [6.07, 6.45) is 0. The molecule has 0 atom stereocenters. The van der Waals surface area contributed by atoms with Gasteiger partial charge in [0.1, 0.15) is 23.1 Å². The predicted octanol–water partition coefficient (Wildman–Crippen LogP) is 4.39. The fourth-order valence-corrected chi connectivity index (χ4v) is 3.36. The van der Waals surface area contributed by atoms with E-state index in [1.165, 1.54) is 25.4 Å². The van der Waals surface area contributed by atoms with Crippen LogP contribution in [0.5, 0.6) is 11.5 Å². The minimum absolute atomic E-state index is 0.0154. The van der Waals surface area contributed by atoms with Gasteiger partial charge in [-0.15, -0.1) is 11.3 Å². The third-order valence-electron chi connectivity index (χ3n) is 4.10. The lowest BCUT2D eigenvalue weighted by molar-refractivity contribution is 0.0464. The molecule has 0 aliphatic rings. The molecule has 0 amide bonds. The number of rotatable bonds is 7. The zero-order valence-corrected chi connectivity index (χ0v) is 16.5. The van der Waals surface area contributed by atoms with E-state index in [4.69, 9.17) is 14.2 Å². The number of ether oxygens (including phenoxy) is 3. The molecule has 0 bridgehead atoms. The maximum absolute atomic E-state index is 12.4. The van der Waals surface area contributed by atoms with E-state index in [-0.39, 0.29) is 18.1 Å². The second-order valence-corrected chi connectivity index (χ2v) is 6.78. The fourth-order valence-electron chi connectivity index (χ4n) is 2.56. The number of hydrogen-bond donors (Lipinski definition) is 0. The van der Waals surface area contributed by atoms with Crippen LogP contribution in [0.15, 0.2) is 47.8 Å². The minimum atomic E-state index is -0.536. The van der Waals surface area contributed by atoms with Crippen LogP contribution in [0.1, 0.15) is 33.3 Å². The van der Waals surface area contributed by atoms with E-state index in [0.717, 1.165) is 11.3 Å². The Morgan fingerprint density at radius 1 is 1.04 bits per heavy atom. The Balaban J connectivity index is 1.71. The molecule has 7 heteroatoms. The van der Waals surface area contributed by atoms with Gasteiger partial charge < -0.3 is 14.2 Å². The van der Waals surface area contributed by atoms with Gasteiger partial charge >= 0.3 is 5.97 Å². The van der Waals surface area contributed by atoms with E-state index >= 15 is 0 Å². The van der Waals surface area contributed by atoms with Crippen molar-refractivity contribution >= 4 is 23.1 Å². The number of aromatic nitrogens is 1. The first-order chi connectivity index (χ1) is 13.5. The Hall–Kier alpha value is -3.19. The maximum atomic E-state index is 12.4. The van der Waals surface area contributed by atoms with E-state index in [2.05, 4.69) is 4.98 Å². The summed E-state index contributed by atoms with van der Waals surface area (Å²) in [5, 5.41) is 2.37. The number of ketones is 1. The zero-order chi connectivity index (χ0) is 20.1. The fraction of sp³-hybridized carbons (Fsp3) is 0.190. The smallest absolute Gasteiger partial charge is 0.358 e. The Labute approximate surface area is 166 Å². The molecule has 1 aromatic heterocycles. The van der Waals surface area contributed by atoms with Crippen molar-refractivity contribution in [2.45, 2.75) is 13.5 Å². The molecule has 0 spiro atoms. The van der Waals surface area contributed by atoms with Gasteiger partial charge in [0.25, 0.3) is 0 Å². The van der Waals surface area contributed by atoms with Gasteiger partial charge in [0.05, 0.1) is 14.2 Å². The van der Waals surface area contributed by atoms with Crippen LogP contribution in [0.25, 0.3) is 10.6 Å². The first-order valence-corrected chi connectivity index (χ1v) is 9.34. The molecular formula is C21H19NO5S. The van der Waals surface area contributed by atoms with Crippen LogP contribution in [-0.2, 0) is 11.3 Å². The lowest BCUT2D eigenvalue weighted by Crippen LogP contribution is -2.07. The van der Waals surface area contributed by atoms with Gasteiger partial charge in [-0.2, -0.15) is 0 Å². The number of methoxy groups -OCH3 is 2. The second kappa shape index (κ2) is 8.67. The molecule has 0 saturated heterocycles. The van der Waals surface area contributed by atoms with Crippen molar-refractivity contribution in [2.75, 3.05) is 14.2 Å². The topological polar surface area (TPSA) is 74.7 Å². The molecule has 3 rings (SSSR count). The first-order valence-electron chi connectivity index (χ1n) is 8.46. The maximum Gasteiger partial charge on any atom is 0.358 e. The molecule has 144 valence electrons. The molecule has 3 aromatic rings. The largest absolute Gasteiger partial charge is 0.497 e. The summed E-state index contributed by atoms with van der Waals surface area (Å²) in [6, 6.07) is 12.5. The molecule has 1 heterocycles. The van der Waals surface area contributed by atoms with E-state index in [1.54, 1.807) is 30.7 Å². The number of carbonyl (C=O) groups is 2. The summed E-state index contributed by atoms with van der Waals surface area (Å²) in [5.74, 6) is 0.696. The zero-order valence-electron chi connectivity index (χ0n) is 15.7. The van der Waals surface area contributed by atoms with Gasteiger partial charge in [-0.05, 0) is 49.4 Å². The first kappa shape index (κ1) is 19.6. The molecule has 0 radical (unpaired) electrons. The average Bonchev–Trinajstić information content (AvgIpc) is 3.22. The van der Waals surface area contributed by atoms with Gasteiger partial charge in [-0.1, -0.05) is 0 Å². The number of nitrogens with zero attached hydrogens (tertiary/aromatic N) is 1. The highest BCUT2D eigenvalue weighted by Gasteiger charge is 2.15. The Bertz CT molecular complexity index is 994. The van der Waals surface area contributed by atoms with Gasteiger partial charge in [0.15, 0.2) is 11.5 Å². The highest BCUT2D eigenvalue weighted by atomic mass is 32.1. The van der Waals surface area contributed by atoms with Gasteiger partial charge in [0.2, 0.25) is 0 Å². The number of Topliss-reactive ketones (excluding diaryl/α,β-unsaturated/α-hetero) is 1. The molecule has 28 heavy (non-hydrogen) atoms. The monoisotopic (exact) mass is 397 g/mol. The standard InChI is InChI=1S/C21H19NO5S/c1-13(23)15-6-9-19(26-3)16(10-15)11-27-21(24)18-12-28-20(22-18)14-4-7-17(25-2)8-5-14/h4-10,12H,11H2,1-3H3. The molecule has 2 aromatic carbocycles. The van der Waals surface area contributed by atoms with Crippen molar-refractivity contribution < 1.29 is 23.8 Å². The third kappa shape index (κ3) is 4.37. The van der Waals surface area contributed by atoms with Crippen molar-refractivity contribution in [3.8, 4) is 22.1 Å². The quantitative estimate of drug-likeness (QED) is 0.435. The number of hydrogen-bond acceptors (Lipinski definition) is 7. The van der Waals surface area contributed by atoms with Crippen molar-refractivity contribution in [2.24, 2.45) is 0 Å².